The molecule has 3 N–H and O–H groups in total. The predicted molar refractivity (Wildman–Crippen MR) is 71.4 cm³/mol. The van der Waals surface area contributed by atoms with Crippen LogP contribution in [0.4, 0.5) is 11.4 Å². The first-order chi connectivity index (χ1) is 8.81. The molecular weight excluding hydrogens is 272 g/mol. The Balaban J connectivity index is 2.99. The maximum Gasteiger partial charge on any atom is 0.325 e. The highest BCUT2D eigenvalue weighted by Gasteiger charge is 2.28. The Kier molecular flexibility index (Phi) is 4.60. The fourth-order valence-corrected chi connectivity index (χ4v) is 2.30. The smallest absolute Gasteiger partial charge is 0.325 e. The molecule has 106 valence electrons. The van der Waals surface area contributed by atoms with E-state index in [1.165, 1.54) is 32.2 Å². The largest absolute Gasteiger partial charge is 0.495 e. The number of esters is 1. The minimum absolute atomic E-state index is 0.252. The average Bonchev–Trinajstić information content (AvgIpc) is 2.38. The van der Waals surface area contributed by atoms with Crippen LogP contribution in [0.1, 0.15) is 6.92 Å². The lowest BCUT2D eigenvalue weighted by atomic mass is 10.2. The van der Waals surface area contributed by atoms with Crippen LogP contribution in [0.15, 0.2) is 18.2 Å². The van der Waals surface area contributed by atoms with E-state index in [2.05, 4.69) is 9.46 Å². The SMILES string of the molecule is COC(=O)C(C)S(=O)(=O)Nc1ccc(N)c(OC)c1. The third kappa shape index (κ3) is 3.50. The molecule has 0 amide bonds. The van der Waals surface area contributed by atoms with Gasteiger partial charge in [-0.05, 0) is 19.1 Å². The summed E-state index contributed by atoms with van der Waals surface area (Å²) in [5.74, 6) is -0.499. The molecule has 0 aromatic heterocycles. The van der Waals surface area contributed by atoms with Crippen molar-refractivity contribution in [2.75, 3.05) is 24.7 Å². The number of hydrogen-bond acceptors (Lipinski definition) is 6. The Morgan fingerprint density at radius 2 is 2.00 bits per heavy atom. The minimum Gasteiger partial charge on any atom is -0.495 e. The molecular formula is C11H16N2O5S. The molecule has 0 bridgehead atoms. The van der Waals surface area contributed by atoms with Gasteiger partial charge in [0.2, 0.25) is 10.0 Å². The number of carbonyl (C=O) groups excluding carboxylic acids is 1. The number of benzene rings is 1. The third-order valence-electron chi connectivity index (χ3n) is 2.49. The molecule has 19 heavy (non-hydrogen) atoms. The first-order valence-electron chi connectivity index (χ1n) is 5.34. The standard InChI is InChI=1S/C11H16N2O5S/c1-7(11(14)18-3)19(15,16)13-8-4-5-9(12)10(6-8)17-2/h4-7,13H,12H2,1-3H3. The Morgan fingerprint density at radius 1 is 1.37 bits per heavy atom. The average molecular weight is 288 g/mol. The van der Waals surface area contributed by atoms with Gasteiger partial charge in [-0.15, -0.1) is 0 Å². The van der Waals surface area contributed by atoms with Crippen molar-refractivity contribution in [3.05, 3.63) is 18.2 Å². The summed E-state index contributed by atoms with van der Waals surface area (Å²) in [5.41, 5.74) is 6.25. The van der Waals surface area contributed by atoms with Gasteiger partial charge in [0.1, 0.15) is 5.75 Å². The van der Waals surface area contributed by atoms with E-state index in [-0.39, 0.29) is 5.69 Å². The minimum atomic E-state index is -3.88. The maximum atomic E-state index is 11.9. The van der Waals surface area contributed by atoms with Crippen molar-refractivity contribution in [3.63, 3.8) is 0 Å². The lowest BCUT2D eigenvalue weighted by Crippen LogP contribution is -2.33. The number of nitrogens with one attached hydrogen (secondary N) is 1. The van der Waals surface area contributed by atoms with Gasteiger partial charge in [0.25, 0.3) is 0 Å². The molecule has 1 aromatic rings. The number of anilines is 2. The van der Waals surface area contributed by atoms with E-state index in [1.807, 2.05) is 0 Å². The molecule has 0 spiro atoms. The molecule has 0 saturated heterocycles. The number of nitrogen functional groups attached to an aromatic ring is 1. The van der Waals surface area contributed by atoms with E-state index in [9.17, 15) is 13.2 Å². The van der Waals surface area contributed by atoms with Crippen LogP contribution in [0.2, 0.25) is 0 Å². The molecule has 1 unspecified atom stereocenters. The molecule has 0 aliphatic carbocycles. The van der Waals surface area contributed by atoms with Crippen LogP contribution < -0.4 is 15.2 Å². The summed E-state index contributed by atoms with van der Waals surface area (Å²) in [6.45, 7) is 1.24. The molecule has 0 aliphatic rings. The van der Waals surface area contributed by atoms with Crippen LogP contribution in [0.3, 0.4) is 0 Å². The molecule has 1 rings (SSSR count). The van der Waals surface area contributed by atoms with Crippen molar-refractivity contribution in [1.82, 2.24) is 0 Å². The summed E-state index contributed by atoms with van der Waals surface area (Å²) in [6, 6.07) is 4.40. The molecule has 8 heteroatoms. The summed E-state index contributed by atoms with van der Waals surface area (Å²) in [4.78, 5) is 11.2. The Labute approximate surface area is 111 Å². The van der Waals surface area contributed by atoms with Gasteiger partial charge in [0.05, 0.1) is 25.6 Å². The van der Waals surface area contributed by atoms with Crippen molar-refractivity contribution in [3.8, 4) is 5.75 Å². The molecule has 0 heterocycles. The second-order valence-electron chi connectivity index (χ2n) is 3.77. The second-order valence-corrected chi connectivity index (χ2v) is 5.77. The van der Waals surface area contributed by atoms with Crippen LogP contribution in [0.5, 0.6) is 5.75 Å². The highest BCUT2D eigenvalue weighted by atomic mass is 32.2. The van der Waals surface area contributed by atoms with Gasteiger partial charge in [-0.3, -0.25) is 9.52 Å². The molecule has 0 fully saturated rings. The first kappa shape index (κ1) is 15.1. The van der Waals surface area contributed by atoms with E-state index < -0.39 is 21.2 Å². The number of sulfonamides is 1. The quantitative estimate of drug-likeness (QED) is 0.606. The Hall–Kier alpha value is -1.96. The van der Waals surface area contributed by atoms with Crippen LogP contribution >= 0.6 is 0 Å². The Morgan fingerprint density at radius 3 is 2.53 bits per heavy atom. The maximum absolute atomic E-state index is 11.9. The van der Waals surface area contributed by atoms with Crippen LogP contribution in [0.25, 0.3) is 0 Å². The van der Waals surface area contributed by atoms with Crippen molar-refractivity contribution in [1.29, 1.82) is 0 Å². The van der Waals surface area contributed by atoms with Crippen LogP contribution in [0, 0.1) is 0 Å². The van der Waals surface area contributed by atoms with Gasteiger partial charge < -0.3 is 15.2 Å². The van der Waals surface area contributed by atoms with Crippen molar-refractivity contribution < 1.29 is 22.7 Å². The fourth-order valence-electron chi connectivity index (χ4n) is 1.32. The zero-order valence-corrected chi connectivity index (χ0v) is 11.7. The summed E-state index contributed by atoms with van der Waals surface area (Å²) in [6.07, 6.45) is 0. The van der Waals surface area contributed by atoms with E-state index in [4.69, 9.17) is 10.5 Å². The monoisotopic (exact) mass is 288 g/mol. The van der Waals surface area contributed by atoms with Crippen LogP contribution in [-0.4, -0.2) is 33.9 Å². The molecule has 1 aromatic carbocycles. The zero-order chi connectivity index (χ0) is 14.6. The normalized spacial score (nSPS) is 12.6. The number of methoxy groups -OCH3 is 2. The van der Waals surface area contributed by atoms with Crippen LogP contribution in [-0.2, 0) is 19.6 Å². The van der Waals surface area contributed by atoms with Crippen molar-refractivity contribution in [2.45, 2.75) is 12.2 Å². The molecule has 0 saturated carbocycles. The van der Waals surface area contributed by atoms with E-state index in [0.717, 1.165) is 7.11 Å². The second kappa shape index (κ2) is 5.79. The highest BCUT2D eigenvalue weighted by Crippen LogP contribution is 2.26. The van der Waals surface area contributed by atoms with Gasteiger partial charge >= 0.3 is 5.97 Å². The Bertz CT molecular complexity index is 570. The number of nitrogens with two attached hydrogens (primary N) is 1. The van der Waals surface area contributed by atoms with Gasteiger partial charge in [-0.2, -0.15) is 0 Å². The lowest BCUT2D eigenvalue weighted by molar-refractivity contribution is -0.139. The summed E-state index contributed by atoms with van der Waals surface area (Å²) >= 11 is 0. The summed E-state index contributed by atoms with van der Waals surface area (Å²) < 4.78 is 35.4. The predicted octanol–water partition coefficient (Wildman–Crippen LogP) is 0.581. The van der Waals surface area contributed by atoms with Gasteiger partial charge in [-0.25, -0.2) is 8.42 Å². The van der Waals surface area contributed by atoms with E-state index in [1.54, 1.807) is 0 Å². The highest BCUT2D eigenvalue weighted by molar-refractivity contribution is 7.94. The summed E-state index contributed by atoms with van der Waals surface area (Å²) in [7, 11) is -1.34. The fraction of sp³-hybridized carbons (Fsp3) is 0.364. The number of carbonyl (C=O) groups is 1. The third-order valence-corrected chi connectivity index (χ3v) is 4.14. The number of ether oxygens (including phenoxy) is 2. The van der Waals surface area contributed by atoms with Gasteiger partial charge in [0.15, 0.2) is 5.25 Å². The molecule has 0 aliphatic heterocycles. The molecule has 7 nitrogen and oxygen atoms in total. The van der Waals surface area contributed by atoms with E-state index >= 15 is 0 Å². The van der Waals surface area contributed by atoms with E-state index in [0.29, 0.717) is 11.4 Å². The number of hydrogen-bond donors (Lipinski definition) is 2. The van der Waals surface area contributed by atoms with Crippen molar-refractivity contribution in [2.24, 2.45) is 0 Å². The summed E-state index contributed by atoms with van der Waals surface area (Å²) in [5, 5.41) is -1.32. The topological polar surface area (TPSA) is 108 Å². The lowest BCUT2D eigenvalue weighted by Gasteiger charge is -2.14. The first-order valence-corrected chi connectivity index (χ1v) is 6.89. The molecule has 0 radical (unpaired) electrons. The zero-order valence-electron chi connectivity index (χ0n) is 10.8. The molecule has 1 atom stereocenters. The van der Waals surface area contributed by atoms with Crippen molar-refractivity contribution >= 4 is 27.4 Å². The van der Waals surface area contributed by atoms with Gasteiger partial charge in [-0.1, -0.05) is 0 Å². The van der Waals surface area contributed by atoms with Gasteiger partial charge in [0, 0.05) is 6.07 Å². The number of rotatable bonds is 5.